The summed E-state index contributed by atoms with van der Waals surface area (Å²) in [6, 6.07) is -1.29. The van der Waals surface area contributed by atoms with E-state index in [2.05, 4.69) is 22.0 Å². The number of hydrogen-bond acceptors (Lipinski definition) is 12. The molecule has 0 aromatic heterocycles. The van der Waals surface area contributed by atoms with Gasteiger partial charge in [0.05, 0.1) is 25.8 Å². The maximum Gasteiger partial charge on any atom is 0.221 e. The zero-order chi connectivity index (χ0) is 28.9. The van der Waals surface area contributed by atoms with Crippen molar-refractivity contribution < 1.29 is 39.1 Å². The second-order valence-electron chi connectivity index (χ2n) is 10.9. The third-order valence-corrected chi connectivity index (χ3v) is 7.69. The molecule has 232 valence electrons. The van der Waals surface area contributed by atoms with Crippen LogP contribution < -0.4 is 27.4 Å². The van der Waals surface area contributed by atoms with Crippen LogP contribution in [0.1, 0.15) is 51.9 Å². The van der Waals surface area contributed by atoms with E-state index in [-0.39, 0.29) is 38.5 Å². The van der Waals surface area contributed by atoms with Crippen molar-refractivity contribution in [2.45, 2.75) is 101 Å². The number of aliphatic hydroxyl groups is 3. The minimum atomic E-state index is -1.26. The number of allylic oxidation sites excluding steroid dienone is 1. The fourth-order valence-electron chi connectivity index (χ4n) is 5.43. The molecule has 0 radical (unpaired) electrons. The van der Waals surface area contributed by atoms with Crippen molar-refractivity contribution in [3.05, 3.63) is 11.8 Å². The van der Waals surface area contributed by atoms with Crippen molar-refractivity contribution in [2.24, 2.45) is 17.4 Å². The number of aliphatic hydroxyl groups excluding tert-OH is 3. The quantitative estimate of drug-likeness (QED) is 0.0984. The van der Waals surface area contributed by atoms with Crippen molar-refractivity contribution in [3.8, 4) is 0 Å². The minimum Gasteiger partial charge on any atom is -0.468 e. The summed E-state index contributed by atoms with van der Waals surface area (Å²) in [5.41, 5.74) is 12.0. The highest BCUT2D eigenvalue weighted by Crippen LogP contribution is 2.30. The van der Waals surface area contributed by atoms with E-state index in [1.54, 1.807) is 6.92 Å². The number of piperidine rings is 1. The van der Waals surface area contributed by atoms with Crippen molar-refractivity contribution in [1.29, 1.82) is 0 Å². The Morgan fingerprint density at radius 2 is 2.05 bits per heavy atom. The first-order valence-corrected chi connectivity index (χ1v) is 14.8. The Morgan fingerprint density at radius 1 is 1.27 bits per heavy atom. The van der Waals surface area contributed by atoms with Crippen LogP contribution in [0.25, 0.3) is 0 Å². The predicted molar refractivity (Wildman–Crippen MR) is 148 cm³/mol. The van der Waals surface area contributed by atoms with Crippen molar-refractivity contribution in [1.82, 2.24) is 16.0 Å². The molecule has 1 aliphatic carbocycles. The first kappa shape index (κ1) is 33.1. The molecule has 40 heavy (non-hydrogen) atoms. The summed E-state index contributed by atoms with van der Waals surface area (Å²) >= 11 is 0. The summed E-state index contributed by atoms with van der Waals surface area (Å²) in [6.45, 7) is 5.24. The van der Waals surface area contributed by atoms with E-state index in [1.165, 1.54) is 0 Å². The SMILES string of the molecule is CC[C@@H](O)[C@H](OCCO)O[C@@H]1[C@@H](O)[C@H](O[C@@H]2CCC=C(CNCC3CCNCC3)O2)[C@@H](N)C[C@H]1NC(=O)CCN. The summed E-state index contributed by atoms with van der Waals surface area (Å²) in [4.78, 5) is 12.4. The topological polar surface area (TPSA) is 203 Å². The van der Waals surface area contributed by atoms with Crippen molar-refractivity contribution >= 4 is 5.91 Å². The summed E-state index contributed by atoms with van der Waals surface area (Å²) in [5, 5.41) is 40.8. The van der Waals surface area contributed by atoms with Gasteiger partial charge in [0.15, 0.2) is 12.6 Å². The van der Waals surface area contributed by atoms with E-state index in [9.17, 15) is 20.1 Å². The van der Waals surface area contributed by atoms with Gasteiger partial charge >= 0.3 is 0 Å². The van der Waals surface area contributed by atoms with E-state index in [4.69, 9.17) is 30.4 Å². The average Bonchev–Trinajstić information content (AvgIpc) is 2.95. The van der Waals surface area contributed by atoms with E-state index >= 15 is 0 Å². The Morgan fingerprint density at radius 3 is 2.75 bits per heavy atom. The lowest BCUT2D eigenvalue weighted by Crippen LogP contribution is -2.66. The fourth-order valence-corrected chi connectivity index (χ4v) is 5.43. The lowest BCUT2D eigenvalue weighted by molar-refractivity contribution is -0.269. The lowest BCUT2D eigenvalue weighted by atomic mass is 9.83. The van der Waals surface area contributed by atoms with Gasteiger partial charge in [-0.05, 0) is 63.7 Å². The summed E-state index contributed by atoms with van der Waals surface area (Å²) < 4.78 is 23.9. The van der Waals surface area contributed by atoms with Crippen LogP contribution in [-0.4, -0.2) is 116 Å². The molecular formula is C27H51N5O8. The number of carbonyl (C=O) groups is 1. The van der Waals surface area contributed by atoms with Gasteiger partial charge in [-0.2, -0.15) is 0 Å². The minimum absolute atomic E-state index is 0.0646. The second kappa shape index (κ2) is 17.5. The predicted octanol–water partition coefficient (Wildman–Crippen LogP) is -1.60. The number of carbonyl (C=O) groups excluding carboxylic acids is 1. The van der Waals surface area contributed by atoms with Gasteiger partial charge in [-0.1, -0.05) is 6.92 Å². The Hall–Kier alpha value is -1.39. The van der Waals surface area contributed by atoms with Gasteiger partial charge in [0.1, 0.15) is 30.2 Å². The van der Waals surface area contributed by atoms with Gasteiger partial charge in [0, 0.05) is 25.4 Å². The molecular weight excluding hydrogens is 522 g/mol. The van der Waals surface area contributed by atoms with Gasteiger partial charge in [0.2, 0.25) is 5.91 Å². The fraction of sp³-hybridized carbons (Fsp3) is 0.889. The van der Waals surface area contributed by atoms with Crippen LogP contribution in [0.5, 0.6) is 0 Å². The number of nitrogens with two attached hydrogens (primary N) is 2. The maximum atomic E-state index is 12.4. The molecule has 13 heteroatoms. The molecule has 2 fully saturated rings. The van der Waals surface area contributed by atoms with Crippen LogP contribution in [0.3, 0.4) is 0 Å². The molecule has 2 heterocycles. The Labute approximate surface area is 237 Å². The highest BCUT2D eigenvalue weighted by atomic mass is 16.7. The first-order chi connectivity index (χ1) is 19.4. The molecule has 1 amide bonds. The number of hydrogen-bond donors (Lipinski definition) is 8. The highest BCUT2D eigenvalue weighted by molar-refractivity contribution is 5.76. The van der Waals surface area contributed by atoms with Crippen molar-refractivity contribution in [3.63, 3.8) is 0 Å². The zero-order valence-corrected chi connectivity index (χ0v) is 23.7. The zero-order valence-electron chi connectivity index (χ0n) is 23.7. The Bertz CT molecular complexity index is 771. The molecule has 0 unspecified atom stereocenters. The van der Waals surface area contributed by atoms with Crippen LogP contribution in [0.4, 0.5) is 0 Å². The molecule has 3 aliphatic rings. The molecule has 1 saturated carbocycles. The summed E-state index contributed by atoms with van der Waals surface area (Å²) in [7, 11) is 0. The van der Waals surface area contributed by atoms with E-state index in [0.717, 1.165) is 44.7 Å². The highest BCUT2D eigenvalue weighted by Gasteiger charge is 2.47. The molecule has 10 N–H and O–H groups in total. The van der Waals surface area contributed by atoms with Crippen LogP contribution >= 0.6 is 0 Å². The Balaban J connectivity index is 1.63. The lowest BCUT2D eigenvalue weighted by Gasteiger charge is -2.45. The van der Waals surface area contributed by atoms with Crippen molar-refractivity contribution in [2.75, 3.05) is 45.9 Å². The molecule has 0 bridgehead atoms. The van der Waals surface area contributed by atoms with Gasteiger partial charge in [-0.3, -0.25) is 4.79 Å². The molecule has 2 aliphatic heterocycles. The Kier molecular flexibility index (Phi) is 14.5. The van der Waals surface area contributed by atoms with Gasteiger partial charge < -0.3 is 61.7 Å². The summed E-state index contributed by atoms with van der Waals surface area (Å²) in [6.07, 6.45) is 0.574. The molecule has 13 nitrogen and oxygen atoms in total. The smallest absolute Gasteiger partial charge is 0.221 e. The molecule has 0 aromatic carbocycles. The number of nitrogens with one attached hydrogen (secondary N) is 3. The number of amides is 1. The van der Waals surface area contributed by atoms with E-state index in [1.807, 2.05) is 0 Å². The standard InChI is InChI=1S/C27H51N5O8/c1-2-21(34)27(37-13-12-33)40-26-20(32-22(35)6-9-28)14-19(29)25(24(26)36)39-23-5-3-4-18(38-23)16-31-15-17-7-10-30-11-8-17/h4,17,19-21,23-27,30-31,33-34,36H,2-3,5-16,28-29H2,1H3,(H,32,35)/t19-,20+,21+,23+,24-,25+,26-,27+/m0/s1. The third kappa shape index (κ3) is 10.2. The van der Waals surface area contributed by atoms with Crippen LogP contribution in [0, 0.1) is 5.92 Å². The van der Waals surface area contributed by atoms with Crippen LogP contribution in [-0.2, 0) is 23.7 Å². The molecule has 0 aromatic rings. The van der Waals surface area contributed by atoms with Gasteiger partial charge in [-0.15, -0.1) is 0 Å². The maximum absolute atomic E-state index is 12.4. The number of ether oxygens (including phenoxy) is 4. The molecule has 3 rings (SSSR count). The van der Waals surface area contributed by atoms with Gasteiger partial charge in [0.25, 0.3) is 0 Å². The monoisotopic (exact) mass is 573 g/mol. The first-order valence-electron chi connectivity index (χ1n) is 14.8. The third-order valence-electron chi connectivity index (χ3n) is 7.69. The van der Waals surface area contributed by atoms with Gasteiger partial charge in [-0.25, -0.2) is 0 Å². The molecule has 0 spiro atoms. The molecule has 8 atom stereocenters. The van der Waals surface area contributed by atoms with E-state index < -0.39 is 49.1 Å². The molecule has 1 saturated heterocycles. The largest absolute Gasteiger partial charge is 0.468 e. The number of rotatable bonds is 16. The normalized spacial score (nSPS) is 31.2. The average molecular weight is 574 g/mol. The van der Waals surface area contributed by atoms with Crippen LogP contribution in [0.15, 0.2) is 11.8 Å². The van der Waals surface area contributed by atoms with E-state index in [0.29, 0.717) is 25.3 Å². The van der Waals surface area contributed by atoms with Crippen LogP contribution in [0.2, 0.25) is 0 Å². The summed E-state index contributed by atoms with van der Waals surface area (Å²) in [5.74, 6) is 1.15. The second-order valence-corrected chi connectivity index (χ2v) is 10.9.